The lowest BCUT2D eigenvalue weighted by Crippen LogP contribution is -2.35. The van der Waals surface area contributed by atoms with Crippen molar-refractivity contribution < 1.29 is 24.2 Å². The zero-order valence-corrected chi connectivity index (χ0v) is 20.1. The van der Waals surface area contributed by atoms with E-state index in [9.17, 15) is 14.7 Å². The monoisotopic (exact) mass is 471 g/mol. The van der Waals surface area contributed by atoms with Crippen molar-refractivity contribution in [1.29, 1.82) is 0 Å². The number of carbonyl (C=O) groups is 2. The van der Waals surface area contributed by atoms with Gasteiger partial charge < -0.3 is 19.5 Å². The molecule has 2 heterocycles. The highest BCUT2D eigenvalue weighted by Crippen LogP contribution is 2.31. The summed E-state index contributed by atoms with van der Waals surface area (Å²) in [5.41, 5.74) is 2.86. The predicted octanol–water partition coefficient (Wildman–Crippen LogP) is 3.72. The third-order valence-electron chi connectivity index (χ3n) is 6.99. The van der Waals surface area contributed by atoms with Gasteiger partial charge in [0.1, 0.15) is 24.1 Å². The molecule has 0 bridgehead atoms. The van der Waals surface area contributed by atoms with Gasteiger partial charge in [0, 0.05) is 37.5 Å². The average molecular weight is 472 g/mol. The van der Waals surface area contributed by atoms with E-state index < -0.39 is 5.97 Å². The van der Waals surface area contributed by atoms with Crippen molar-refractivity contribution in [2.75, 3.05) is 7.05 Å². The van der Waals surface area contributed by atoms with Crippen LogP contribution >= 0.6 is 0 Å². The van der Waals surface area contributed by atoms with Crippen molar-refractivity contribution in [2.24, 2.45) is 13.0 Å². The highest BCUT2D eigenvalue weighted by molar-refractivity contribution is 5.70. The summed E-state index contributed by atoms with van der Waals surface area (Å²) in [6, 6.07) is 2.16. The van der Waals surface area contributed by atoms with E-state index >= 15 is 0 Å². The molecule has 0 saturated heterocycles. The molecule has 1 amide bonds. The molecule has 10 nitrogen and oxygen atoms in total. The van der Waals surface area contributed by atoms with Gasteiger partial charge in [-0.15, -0.1) is 5.10 Å². The van der Waals surface area contributed by atoms with E-state index in [1.807, 2.05) is 13.0 Å². The zero-order chi connectivity index (χ0) is 24.2. The molecule has 0 unspecified atom stereocenters. The number of hydrogen-bond acceptors (Lipinski definition) is 7. The second-order valence-electron chi connectivity index (χ2n) is 9.40. The second kappa shape index (κ2) is 10.4. The molecule has 4 rings (SSSR count). The summed E-state index contributed by atoms with van der Waals surface area (Å²) in [7, 11) is 3.55. The molecule has 2 fully saturated rings. The lowest BCUT2D eigenvalue weighted by Gasteiger charge is -2.27. The van der Waals surface area contributed by atoms with Gasteiger partial charge in [0.2, 0.25) is 5.88 Å². The predicted molar refractivity (Wildman–Crippen MR) is 123 cm³/mol. The molecule has 0 spiro atoms. The number of pyridine rings is 1. The number of aryl methyl sites for hydroxylation is 2. The molecule has 0 radical (unpaired) electrons. The Bertz CT molecular complexity index is 1030. The van der Waals surface area contributed by atoms with Crippen molar-refractivity contribution in [3.63, 3.8) is 0 Å². The van der Waals surface area contributed by atoms with Crippen molar-refractivity contribution in [3.8, 4) is 17.1 Å². The Morgan fingerprint density at radius 3 is 2.68 bits per heavy atom. The Morgan fingerprint density at radius 2 is 1.97 bits per heavy atom. The molecule has 2 aliphatic rings. The molecule has 2 aliphatic carbocycles. The first-order chi connectivity index (χ1) is 16.3. The summed E-state index contributed by atoms with van der Waals surface area (Å²) >= 11 is 0. The first-order valence-electron chi connectivity index (χ1n) is 12.0. The normalized spacial score (nSPS) is 20.8. The van der Waals surface area contributed by atoms with Gasteiger partial charge in [-0.1, -0.05) is 18.1 Å². The van der Waals surface area contributed by atoms with Crippen LogP contribution in [0.2, 0.25) is 0 Å². The van der Waals surface area contributed by atoms with Gasteiger partial charge in [0.15, 0.2) is 0 Å². The van der Waals surface area contributed by atoms with Crippen LogP contribution in [0.4, 0.5) is 4.79 Å². The fourth-order valence-electron chi connectivity index (χ4n) is 4.88. The van der Waals surface area contributed by atoms with Crippen LogP contribution in [0, 0.1) is 12.8 Å². The first kappa shape index (κ1) is 24.0. The summed E-state index contributed by atoms with van der Waals surface area (Å²) in [4.78, 5) is 30.0. The number of hydrogen-bond donors (Lipinski definition) is 1. The third kappa shape index (κ3) is 5.31. The summed E-state index contributed by atoms with van der Waals surface area (Å²) in [6.45, 7) is 1.96. The maximum Gasteiger partial charge on any atom is 0.410 e. The number of nitrogens with zero attached hydrogens (tertiary/aromatic N) is 5. The minimum absolute atomic E-state index is 0.0602. The molecule has 34 heavy (non-hydrogen) atoms. The number of aliphatic carboxylic acids is 1. The summed E-state index contributed by atoms with van der Waals surface area (Å²) in [5.74, 6) is -0.635. The van der Waals surface area contributed by atoms with Crippen LogP contribution in [-0.4, -0.2) is 61.2 Å². The summed E-state index contributed by atoms with van der Waals surface area (Å²) in [5, 5.41) is 17.7. The van der Waals surface area contributed by atoms with E-state index in [2.05, 4.69) is 15.3 Å². The van der Waals surface area contributed by atoms with E-state index in [-0.39, 0.29) is 30.8 Å². The highest BCUT2D eigenvalue weighted by atomic mass is 16.6. The standard InChI is InChI=1S/C24H33N5O5/c1-15-11-17(13-25-22(15)34-19-10-6-7-16(12-19)23(30)31)21-20(29(3)27-26-21)14-33-24(32)28(2)18-8-4-5-9-18/h11,13,16,18-19H,4-10,12,14H2,1-3H3,(H,30,31)/t16-,19-/m0/s1. The fraction of sp³-hybridized carbons (Fsp3) is 0.625. The number of carbonyl (C=O) groups excluding carboxylic acids is 1. The molecular formula is C24H33N5O5. The number of amides is 1. The van der Waals surface area contributed by atoms with Crippen LogP contribution < -0.4 is 4.74 Å². The minimum atomic E-state index is -0.765. The quantitative estimate of drug-likeness (QED) is 0.649. The van der Waals surface area contributed by atoms with Gasteiger partial charge in [0.05, 0.1) is 5.92 Å². The topological polar surface area (TPSA) is 120 Å². The third-order valence-corrected chi connectivity index (χ3v) is 6.99. The van der Waals surface area contributed by atoms with Crippen molar-refractivity contribution in [1.82, 2.24) is 24.9 Å². The smallest absolute Gasteiger partial charge is 0.410 e. The Hall–Kier alpha value is -3.17. The van der Waals surface area contributed by atoms with Gasteiger partial charge in [-0.05, 0) is 51.5 Å². The Kier molecular flexibility index (Phi) is 7.33. The van der Waals surface area contributed by atoms with E-state index in [0.29, 0.717) is 30.1 Å². The SMILES string of the molecule is Cc1cc(-c2nnn(C)c2COC(=O)N(C)C2CCCC2)cnc1O[C@H]1CCC[C@H](C(=O)O)C1. The lowest BCUT2D eigenvalue weighted by molar-refractivity contribution is -0.143. The average Bonchev–Trinajstić information content (AvgIpc) is 3.48. The number of carboxylic acid groups (broad SMARTS) is 1. The van der Waals surface area contributed by atoms with E-state index in [1.165, 1.54) is 0 Å². The van der Waals surface area contributed by atoms with Crippen molar-refractivity contribution in [2.45, 2.75) is 77.0 Å². The second-order valence-corrected chi connectivity index (χ2v) is 9.40. The molecule has 0 aliphatic heterocycles. The molecule has 1 N–H and O–H groups in total. The lowest BCUT2D eigenvalue weighted by atomic mass is 9.87. The minimum Gasteiger partial charge on any atom is -0.481 e. The van der Waals surface area contributed by atoms with Crippen LogP contribution in [0.15, 0.2) is 12.3 Å². The maximum absolute atomic E-state index is 12.5. The van der Waals surface area contributed by atoms with Crippen molar-refractivity contribution >= 4 is 12.1 Å². The molecule has 10 heteroatoms. The van der Waals surface area contributed by atoms with Gasteiger partial charge in [-0.3, -0.25) is 4.79 Å². The molecule has 2 aromatic heterocycles. The Labute approximate surface area is 199 Å². The van der Waals surface area contributed by atoms with Gasteiger partial charge in [0.25, 0.3) is 0 Å². The maximum atomic E-state index is 12.5. The number of rotatable bonds is 7. The Balaban J connectivity index is 1.43. The first-order valence-corrected chi connectivity index (χ1v) is 12.0. The van der Waals surface area contributed by atoms with Crippen LogP contribution in [0.5, 0.6) is 5.88 Å². The van der Waals surface area contributed by atoms with Gasteiger partial charge in [-0.2, -0.15) is 0 Å². The van der Waals surface area contributed by atoms with Crippen LogP contribution in [-0.2, 0) is 23.2 Å². The van der Waals surface area contributed by atoms with Crippen LogP contribution in [0.25, 0.3) is 11.3 Å². The van der Waals surface area contributed by atoms with Gasteiger partial charge >= 0.3 is 12.1 Å². The molecule has 0 aromatic carbocycles. The molecule has 2 saturated carbocycles. The highest BCUT2D eigenvalue weighted by Gasteiger charge is 2.29. The largest absolute Gasteiger partial charge is 0.481 e. The molecule has 184 valence electrons. The molecule has 2 atom stereocenters. The van der Waals surface area contributed by atoms with Crippen LogP contribution in [0.1, 0.15) is 62.6 Å². The number of carboxylic acids is 1. The van der Waals surface area contributed by atoms with Gasteiger partial charge in [-0.25, -0.2) is 14.5 Å². The van der Waals surface area contributed by atoms with Crippen molar-refractivity contribution in [3.05, 3.63) is 23.5 Å². The van der Waals surface area contributed by atoms with E-state index in [4.69, 9.17) is 9.47 Å². The van der Waals surface area contributed by atoms with E-state index in [1.54, 1.807) is 29.9 Å². The summed E-state index contributed by atoms with van der Waals surface area (Å²) < 4.78 is 13.2. The van der Waals surface area contributed by atoms with E-state index in [0.717, 1.165) is 49.7 Å². The summed E-state index contributed by atoms with van der Waals surface area (Å²) in [6.07, 6.45) is 8.32. The number of ether oxygens (including phenoxy) is 2. The number of aromatic nitrogens is 4. The molecule has 2 aromatic rings. The fourth-order valence-corrected chi connectivity index (χ4v) is 4.88. The zero-order valence-electron chi connectivity index (χ0n) is 20.1. The molecular weight excluding hydrogens is 438 g/mol. The van der Waals surface area contributed by atoms with Crippen LogP contribution in [0.3, 0.4) is 0 Å². The Morgan fingerprint density at radius 1 is 1.21 bits per heavy atom.